The molecular formula is C26H39N5O5. The Balaban J connectivity index is 1.69. The number of nitrogens with two attached hydrogens (primary N) is 2. The molecule has 10 heteroatoms. The van der Waals surface area contributed by atoms with E-state index in [1.54, 1.807) is 13.2 Å². The molecule has 3 aliphatic rings. The first kappa shape index (κ1) is 26.2. The number of hydrogen-bond donors (Lipinski definition) is 7. The molecule has 0 spiro atoms. The summed E-state index contributed by atoms with van der Waals surface area (Å²) in [5.41, 5.74) is 11.7. The van der Waals surface area contributed by atoms with E-state index in [4.69, 9.17) is 21.6 Å². The van der Waals surface area contributed by atoms with Crippen molar-refractivity contribution >= 4 is 17.8 Å². The Hall–Kier alpha value is -2.85. The summed E-state index contributed by atoms with van der Waals surface area (Å²) in [5, 5.41) is 34.6. The molecule has 9 N–H and O–H groups in total. The van der Waals surface area contributed by atoms with Gasteiger partial charge in [0, 0.05) is 30.7 Å². The summed E-state index contributed by atoms with van der Waals surface area (Å²) in [4.78, 5) is 24.2. The third-order valence-electron chi connectivity index (χ3n) is 9.11. The highest BCUT2D eigenvalue weighted by Crippen LogP contribution is 2.65. The van der Waals surface area contributed by atoms with Crippen LogP contribution in [0, 0.1) is 17.2 Å². The van der Waals surface area contributed by atoms with Gasteiger partial charge in [-0.2, -0.15) is 0 Å². The smallest absolute Gasteiger partial charge is 0.320 e. The second kappa shape index (κ2) is 9.89. The van der Waals surface area contributed by atoms with Crippen LogP contribution in [0.1, 0.15) is 73.4 Å². The number of nitrogens with one attached hydrogen (secondary N) is 3. The number of benzene rings is 1. The fraction of sp³-hybridized carbons (Fsp3) is 0.654. The monoisotopic (exact) mass is 501 g/mol. The molecule has 36 heavy (non-hydrogen) atoms. The zero-order chi connectivity index (χ0) is 26.3. The third kappa shape index (κ3) is 4.20. The fourth-order valence-electron chi connectivity index (χ4n) is 7.57. The van der Waals surface area contributed by atoms with Gasteiger partial charge in [0.15, 0.2) is 5.96 Å². The van der Waals surface area contributed by atoms with Crippen molar-refractivity contribution in [3.05, 3.63) is 28.8 Å². The molecule has 0 radical (unpaired) electrons. The maximum Gasteiger partial charge on any atom is 0.320 e. The maximum atomic E-state index is 12.1. The van der Waals surface area contributed by atoms with Gasteiger partial charge in [-0.1, -0.05) is 13.0 Å². The number of fused-ring (bicyclic) bond motifs is 1. The zero-order valence-electron chi connectivity index (χ0n) is 21.1. The highest BCUT2D eigenvalue weighted by molar-refractivity contribution is 5.96. The molecule has 0 saturated heterocycles. The van der Waals surface area contributed by atoms with Crippen LogP contribution >= 0.6 is 0 Å². The minimum absolute atomic E-state index is 0.0554. The van der Waals surface area contributed by atoms with Crippen LogP contribution in [0.25, 0.3) is 0 Å². The number of guanidine groups is 1. The van der Waals surface area contributed by atoms with Crippen molar-refractivity contribution in [1.82, 2.24) is 10.6 Å². The van der Waals surface area contributed by atoms with Gasteiger partial charge in [-0.3, -0.25) is 15.0 Å². The SMILES string of the molecule is CO[C@@]12CC[C@@H](NC(CCCNC(=N)N)C(=O)O)C[C@@]13CCC(C)[C@@H]2Cc1ccc(C(N)=O)c(O)c13. The van der Waals surface area contributed by atoms with Gasteiger partial charge in [0.25, 0.3) is 5.91 Å². The number of aliphatic carboxylic acids is 1. The van der Waals surface area contributed by atoms with Crippen molar-refractivity contribution in [1.29, 1.82) is 5.41 Å². The molecule has 198 valence electrons. The van der Waals surface area contributed by atoms with Gasteiger partial charge in [-0.25, -0.2) is 0 Å². The number of amides is 1. The summed E-state index contributed by atoms with van der Waals surface area (Å²) >= 11 is 0. The lowest BCUT2D eigenvalue weighted by atomic mass is 9.43. The molecule has 2 fully saturated rings. The highest BCUT2D eigenvalue weighted by Gasteiger charge is 2.66. The van der Waals surface area contributed by atoms with Crippen LogP contribution in [0.5, 0.6) is 5.75 Å². The van der Waals surface area contributed by atoms with Crippen molar-refractivity contribution in [3.63, 3.8) is 0 Å². The van der Waals surface area contributed by atoms with Gasteiger partial charge in [0.1, 0.15) is 11.8 Å². The number of carbonyl (C=O) groups excluding carboxylic acids is 1. The summed E-state index contributed by atoms with van der Waals surface area (Å²) < 4.78 is 6.41. The number of aromatic hydroxyl groups is 1. The lowest BCUT2D eigenvalue weighted by Gasteiger charge is -2.65. The van der Waals surface area contributed by atoms with E-state index in [9.17, 15) is 19.8 Å². The van der Waals surface area contributed by atoms with E-state index in [0.29, 0.717) is 31.7 Å². The number of ether oxygens (including phenoxy) is 1. The first-order valence-corrected chi connectivity index (χ1v) is 12.8. The summed E-state index contributed by atoms with van der Waals surface area (Å²) in [6.45, 7) is 2.69. The van der Waals surface area contributed by atoms with E-state index in [1.165, 1.54) is 0 Å². The molecule has 2 unspecified atom stereocenters. The molecule has 0 heterocycles. The van der Waals surface area contributed by atoms with Crippen LogP contribution in [0.3, 0.4) is 0 Å². The Bertz CT molecular complexity index is 1050. The first-order valence-electron chi connectivity index (χ1n) is 12.8. The Morgan fingerprint density at radius 3 is 2.67 bits per heavy atom. The van der Waals surface area contributed by atoms with Crippen molar-refractivity contribution < 1.29 is 24.5 Å². The summed E-state index contributed by atoms with van der Waals surface area (Å²) in [6.07, 6.45) is 5.52. The standard InChI is InChI=1S/C26H39N5O5/c1-14-7-9-25-13-16(31-19(23(34)35)4-3-11-30-24(28)29)8-10-26(25,36-2)18(14)12-15-5-6-17(22(27)33)21(32)20(15)25/h5-6,14,16,18-19,31-32H,3-4,7-13H2,1-2H3,(H2,27,33)(H,34,35)(H4,28,29,30)/t14?,16-,18+,19?,25-,26-/m1/s1. The van der Waals surface area contributed by atoms with Crippen LogP contribution in [0.2, 0.25) is 0 Å². The molecule has 6 atom stereocenters. The molecule has 0 aliphatic heterocycles. The molecule has 4 rings (SSSR count). The number of primary amides is 1. The number of hydrogen-bond acceptors (Lipinski definition) is 6. The van der Waals surface area contributed by atoms with Crippen LogP contribution in [-0.4, -0.2) is 59.4 Å². The normalized spacial score (nSPS) is 31.6. The number of rotatable bonds is 9. The highest BCUT2D eigenvalue weighted by atomic mass is 16.5. The number of carboxylic acid groups (broad SMARTS) is 1. The predicted molar refractivity (Wildman–Crippen MR) is 135 cm³/mol. The Labute approximate surface area is 211 Å². The zero-order valence-corrected chi connectivity index (χ0v) is 21.1. The van der Waals surface area contributed by atoms with Crippen LogP contribution < -0.4 is 22.1 Å². The van der Waals surface area contributed by atoms with E-state index < -0.39 is 28.9 Å². The van der Waals surface area contributed by atoms with Crippen molar-refractivity contribution in [2.24, 2.45) is 23.3 Å². The van der Waals surface area contributed by atoms with Gasteiger partial charge in [-0.05, 0) is 74.8 Å². The molecule has 10 nitrogen and oxygen atoms in total. The predicted octanol–water partition coefficient (Wildman–Crippen LogP) is 1.57. The second-order valence-electron chi connectivity index (χ2n) is 10.8. The number of carboxylic acids is 1. The molecule has 3 aliphatic carbocycles. The van der Waals surface area contributed by atoms with Gasteiger partial charge in [0.05, 0.1) is 11.2 Å². The number of methoxy groups -OCH3 is 1. The maximum absolute atomic E-state index is 12.1. The van der Waals surface area contributed by atoms with Gasteiger partial charge in [0.2, 0.25) is 0 Å². The average Bonchev–Trinajstić information content (AvgIpc) is 2.82. The van der Waals surface area contributed by atoms with E-state index in [2.05, 4.69) is 17.6 Å². The van der Waals surface area contributed by atoms with E-state index >= 15 is 0 Å². The fourth-order valence-corrected chi connectivity index (χ4v) is 7.57. The van der Waals surface area contributed by atoms with Crippen LogP contribution in [0.15, 0.2) is 12.1 Å². The van der Waals surface area contributed by atoms with E-state index in [1.807, 2.05) is 6.07 Å². The largest absolute Gasteiger partial charge is 0.507 e. The quantitative estimate of drug-likeness (QED) is 0.151. The minimum Gasteiger partial charge on any atom is -0.507 e. The molecule has 1 aromatic carbocycles. The molecular weight excluding hydrogens is 462 g/mol. The van der Waals surface area contributed by atoms with E-state index in [0.717, 1.165) is 43.2 Å². The lowest BCUT2D eigenvalue weighted by Crippen LogP contribution is -2.69. The summed E-state index contributed by atoms with van der Waals surface area (Å²) in [5.74, 6) is -1.08. The molecule has 0 aromatic heterocycles. The van der Waals surface area contributed by atoms with Crippen LogP contribution in [0.4, 0.5) is 0 Å². The van der Waals surface area contributed by atoms with E-state index in [-0.39, 0.29) is 29.2 Å². The lowest BCUT2D eigenvalue weighted by molar-refractivity contribution is -0.188. The topological polar surface area (TPSA) is 184 Å². The Morgan fingerprint density at radius 1 is 1.28 bits per heavy atom. The van der Waals surface area contributed by atoms with Crippen molar-refractivity contribution in [2.75, 3.05) is 13.7 Å². The van der Waals surface area contributed by atoms with Gasteiger partial charge < -0.3 is 37.1 Å². The first-order chi connectivity index (χ1) is 17.1. The summed E-state index contributed by atoms with van der Waals surface area (Å²) in [6, 6.07) is 2.68. The second-order valence-corrected chi connectivity index (χ2v) is 10.8. The van der Waals surface area contributed by atoms with Gasteiger partial charge >= 0.3 is 5.97 Å². The third-order valence-corrected chi connectivity index (χ3v) is 9.11. The Kier molecular flexibility index (Phi) is 7.21. The van der Waals surface area contributed by atoms with Gasteiger partial charge in [-0.15, -0.1) is 0 Å². The van der Waals surface area contributed by atoms with Crippen molar-refractivity contribution in [2.45, 2.75) is 81.4 Å². The molecule has 2 saturated carbocycles. The van der Waals surface area contributed by atoms with Crippen LogP contribution in [-0.2, 0) is 21.4 Å². The number of phenols is 1. The molecule has 1 amide bonds. The minimum atomic E-state index is -0.919. The molecule has 1 aromatic rings. The molecule has 2 bridgehead atoms. The summed E-state index contributed by atoms with van der Waals surface area (Å²) in [7, 11) is 1.75. The average molecular weight is 502 g/mol. The van der Waals surface area contributed by atoms with Crippen molar-refractivity contribution in [3.8, 4) is 5.75 Å². The number of carbonyl (C=O) groups is 2. The Morgan fingerprint density at radius 2 is 2.03 bits per heavy atom.